The zero-order valence-corrected chi connectivity index (χ0v) is 20.4. The van der Waals surface area contributed by atoms with Crippen LogP contribution in [0.25, 0.3) is 10.2 Å². The molecule has 1 saturated heterocycles. The second-order valence-corrected chi connectivity index (χ2v) is 11.1. The number of fused-ring (bicyclic) bond motifs is 1. The van der Waals surface area contributed by atoms with Crippen LogP contribution in [0.15, 0.2) is 47.4 Å². The van der Waals surface area contributed by atoms with Gasteiger partial charge in [-0.1, -0.05) is 30.4 Å². The Bertz CT molecular complexity index is 1230. The largest absolute Gasteiger partial charge is 0.497 e. The van der Waals surface area contributed by atoms with Crippen molar-refractivity contribution in [3.8, 4) is 5.75 Å². The summed E-state index contributed by atoms with van der Waals surface area (Å²) in [6.07, 6.45) is 0. The number of sulfone groups is 1. The van der Waals surface area contributed by atoms with Crippen molar-refractivity contribution in [2.24, 2.45) is 0 Å². The Balaban J connectivity index is 1.29. The number of thiazole rings is 1. The second-order valence-electron chi connectivity index (χ2n) is 7.81. The minimum atomic E-state index is -3.45. The third kappa shape index (κ3) is 5.29. The van der Waals surface area contributed by atoms with E-state index in [9.17, 15) is 13.2 Å². The fourth-order valence-corrected chi connectivity index (χ4v) is 5.96. The van der Waals surface area contributed by atoms with Gasteiger partial charge < -0.3 is 15.0 Å². The topological polar surface area (TPSA) is 91.8 Å². The maximum absolute atomic E-state index is 12.6. The first-order valence-corrected chi connectivity index (χ1v) is 13.4. The first-order chi connectivity index (χ1) is 15.9. The fraction of sp³-hybridized carbons (Fsp3) is 0.391. The van der Waals surface area contributed by atoms with Crippen molar-refractivity contribution >= 4 is 42.4 Å². The second kappa shape index (κ2) is 10.1. The minimum Gasteiger partial charge on any atom is -0.497 e. The Labute approximate surface area is 198 Å². The van der Waals surface area contributed by atoms with Crippen molar-refractivity contribution in [3.63, 3.8) is 0 Å². The minimum absolute atomic E-state index is 0.0379. The van der Waals surface area contributed by atoms with Gasteiger partial charge in [-0.05, 0) is 30.3 Å². The lowest BCUT2D eigenvalue weighted by Gasteiger charge is -2.34. The smallest absolute Gasteiger partial charge is 0.252 e. The van der Waals surface area contributed by atoms with Gasteiger partial charge in [0.15, 0.2) is 15.0 Å². The summed E-state index contributed by atoms with van der Waals surface area (Å²) >= 11 is 1.67. The summed E-state index contributed by atoms with van der Waals surface area (Å²) in [5, 5.41) is 3.89. The first kappa shape index (κ1) is 23.5. The van der Waals surface area contributed by atoms with Crippen LogP contribution in [-0.2, 0) is 9.84 Å². The third-order valence-corrected chi connectivity index (χ3v) is 8.65. The van der Waals surface area contributed by atoms with E-state index in [4.69, 9.17) is 9.72 Å². The molecule has 0 radical (unpaired) electrons. The first-order valence-electron chi connectivity index (χ1n) is 10.9. The van der Waals surface area contributed by atoms with Gasteiger partial charge in [-0.2, -0.15) is 0 Å². The van der Waals surface area contributed by atoms with Crippen LogP contribution in [0.2, 0.25) is 0 Å². The average molecular weight is 489 g/mol. The zero-order chi connectivity index (χ0) is 23.4. The van der Waals surface area contributed by atoms with Crippen molar-refractivity contribution in [3.05, 3.63) is 48.0 Å². The number of ether oxygens (including phenoxy) is 1. The summed E-state index contributed by atoms with van der Waals surface area (Å²) in [7, 11) is -1.79. The summed E-state index contributed by atoms with van der Waals surface area (Å²) in [6, 6.07) is 12.3. The van der Waals surface area contributed by atoms with Crippen LogP contribution >= 0.6 is 11.3 Å². The summed E-state index contributed by atoms with van der Waals surface area (Å²) < 4.78 is 31.0. The number of methoxy groups -OCH3 is 1. The van der Waals surface area contributed by atoms with Crippen LogP contribution < -0.4 is 15.0 Å². The van der Waals surface area contributed by atoms with E-state index in [2.05, 4.69) is 15.1 Å². The van der Waals surface area contributed by atoms with Gasteiger partial charge in [-0.15, -0.1) is 0 Å². The van der Waals surface area contributed by atoms with E-state index in [1.165, 1.54) is 6.07 Å². The molecule has 33 heavy (non-hydrogen) atoms. The van der Waals surface area contributed by atoms with E-state index < -0.39 is 9.84 Å². The fourth-order valence-electron chi connectivity index (χ4n) is 3.82. The highest BCUT2D eigenvalue weighted by Crippen LogP contribution is 2.31. The number of benzene rings is 2. The van der Waals surface area contributed by atoms with E-state index in [0.717, 1.165) is 47.3 Å². The highest BCUT2D eigenvalue weighted by Gasteiger charge is 2.22. The van der Waals surface area contributed by atoms with Gasteiger partial charge in [0.1, 0.15) is 5.75 Å². The number of hydrogen-bond donors (Lipinski definition) is 1. The maximum atomic E-state index is 12.6. The Kier molecular flexibility index (Phi) is 7.16. The van der Waals surface area contributed by atoms with Gasteiger partial charge in [0.05, 0.1) is 33.5 Å². The number of carbonyl (C=O) groups is 1. The number of carbonyl (C=O) groups excluding carboxylic acids is 1. The summed E-state index contributed by atoms with van der Waals surface area (Å²) in [6.45, 7) is 6.21. The van der Waals surface area contributed by atoms with Crippen molar-refractivity contribution in [1.82, 2.24) is 15.2 Å². The number of rotatable bonds is 8. The average Bonchev–Trinajstić information content (AvgIpc) is 3.27. The van der Waals surface area contributed by atoms with Gasteiger partial charge in [0.25, 0.3) is 5.91 Å². The third-order valence-electron chi connectivity index (χ3n) is 5.79. The molecule has 1 amide bonds. The van der Waals surface area contributed by atoms with Crippen molar-refractivity contribution < 1.29 is 17.9 Å². The molecule has 1 aliphatic rings. The van der Waals surface area contributed by atoms with Crippen LogP contribution in [0.5, 0.6) is 5.75 Å². The number of anilines is 1. The molecule has 1 aliphatic heterocycles. The molecule has 2 heterocycles. The lowest BCUT2D eigenvalue weighted by molar-refractivity contribution is 0.0944. The lowest BCUT2D eigenvalue weighted by atomic mass is 10.2. The molecule has 10 heteroatoms. The Morgan fingerprint density at radius 2 is 1.91 bits per heavy atom. The van der Waals surface area contributed by atoms with E-state index in [0.29, 0.717) is 13.1 Å². The molecule has 176 valence electrons. The molecule has 0 saturated carbocycles. The molecule has 3 aromatic rings. The van der Waals surface area contributed by atoms with E-state index >= 15 is 0 Å². The lowest BCUT2D eigenvalue weighted by Crippen LogP contribution is -2.48. The molecule has 0 spiro atoms. The summed E-state index contributed by atoms with van der Waals surface area (Å²) in [5.74, 6) is 0.440. The summed E-state index contributed by atoms with van der Waals surface area (Å²) in [5.41, 5.74) is 1.18. The van der Waals surface area contributed by atoms with Crippen LogP contribution in [0.3, 0.4) is 0 Å². The van der Waals surface area contributed by atoms with Crippen LogP contribution in [0.4, 0.5) is 5.13 Å². The molecule has 4 rings (SSSR count). The number of aromatic nitrogens is 1. The molecule has 1 aromatic heterocycles. The molecule has 0 unspecified atom stereocenters. The van der Waals surface area contributed by atoms with Gasteiger partial charge >= 0.3 is 0 Å². The van der Waals surface area contributed by atoms with Gasteiger partial charge in [-0.25, -0.2) is 13.4 Å². The van der Waals surface area contributed by atoms with E-state index in [1.807, 2.05) is 18.2 Å². The molecule has 8 nitrogen and oxygen atoms in total. The molecular weight excluding hydrogens is 460 g/mol. The van der Waals surface area contributed by atoms with E-state index in [1.54, 1.807) is 43.6 Å². The summed E-state index contributed by atoms with van der Waals surface area (Å²) in [4.78, 5) is 22.0. The Hall–Kier alpha value is -2.69. The van der Waals surface area contributed by atoms with Gasteiger partial charge in [0.2, 0.25) is 0 Å². The predicted octanol–water partition coefficient (Wildman–Crippen LogP) is 2.65. The van der Waals surface area contributed by atoms with Crippen molar-refractivity contribution in [1.29, 1.82) is 0 Å². The number of amides is 1. The standard InChI is InChI=1S/C23H28N4O4S2/c1-3-33(29,30)21-7-5-4-6-18(21)22(28)24-10-11-26-12-14-27(15-13-26)23-25-19-9-8-17(31-2)16-20(19)32-23/h4-9,16H,3,10-15H2,1-2H3,(H,24,28). The molecule has 1 fully saturated rings. The highest BCUT2D eigenvalue weighted by molar-refractivity contribution is 7.91. The molecule has 1 N–H and O–H groups in total. The Morgan fingerprint density at radius 3 is 2.64 bits per heavy atom. The molecular formula is C23H28N4O4S2. The quantitative estimate of drug-likeness (QED) is 0.521. The van der Waals surface area contributed by atoms with Crippen molar-refractivity contribution in [2.75, 3.05) is 57.0 Å². The molecule has 0 atom stereocenters. The van der Waals surface area contributed by atoms with Crippen LogP contribution in [-0.4, -0.2) is 76.3 Å². The SMILES string of the molecule is CCS(=O)(=O)c1ccccc1C(=O)NCCN1CCN(c2nc3ccc(OC)cc3s2)CC1. The molecule has 0 bridgehead atoms. The normalized spacial score (nSPS) is 15.0. The number of piperazine rings is 1. The monoisotopic (exact) mass is 488 g/mol. The molecule has 0 aliphatic carbocycles. The van der Waals surface area contributed by atoms with E-state index in [-0.39, 0.29) is 22.1 Å². The molecule has 2 aromatic carbocycles. The number of nitrogens with zero attached hydrogens (tertiary/aromatic N) is 3. The predicted molar refractivity (Wildman–Crippen MR) is 131 cm³/mol. The van der Waals surface area contributed by atoms with Crippen LogP contribution in [0, 0.1) is 0 Å². The van der Waals surface area contributed by atoms with Crippen molar-refractivity contribution in [2.45, 2.75) is 11.8 Å². The number of hydrogen-bond acceptors (Lipinski definition) is 8. The highest BCUT2D eigenvalue weighted by atomic mass is 32.2. The van der Waals surface area contributed by atoms with Gasteiger partial charge in [0, 0.05) is 39.3 Å². The zero-order valence-electron chi connectivity index (χ0n) is 18.8. The Morgan fingerprint density at radius 1 is 1.15 bits per heavy atom. The number of nitrogens with one attached hydrogen (secondary N) is 1. The van der Waals surface area contributed by atoms with Gasteiger partial charge in [-0.3, -0.25) is 9.69 Å². The maximum Gasteiger partial charge on any atom is 0.252 e. The van der Waals surface area contributed by atoms with Crippen LogP contribution in [0.1, 0.15) is 17.3 Å².